The van der Waals surface area contributed by atoms with Gasteiger partial charge in [-0.25, -0.2) is 0 Å². The zero-order chi connectivity index (χ0) is 13.8. The van der Waals surface area contributed by atoms with E-state index in [2.05, 4.69) is 48.0 Å². The molecule has 98 valence electrons. The molecular formula is C16H15BrOS. The van der Waals surface area contributed by atoms with Gasteiger partial charge in [-0.2, -0.15) is 0 Å². The minimum absolute atomic E-state index is 0.159. The topological polar surface area (TPSA) is 17.1 Å². The van der Waals surface area contributed by atoms with Crippen molar-refractivity contribution in [1.29, 1.82) is 0 Å². The molecule has 2 aromatic carbocycles. The third-order valence-corrected chi connectivity index (χ3v) is 4.50. The summed E-state index contributed by atoms with van der Waals surface area (Å²) in [4.78, 5) is 13.3. The van der Waals surface area contributed by atoms with Crippen LogP contribution in [0.2, 0.25) is 0 Å². The van der Waals surface area contributed by atoms with Crippen LogP contribution in [0.5, 0.6) is 0 Å². The number of Topliss-reactive ketones (excluding diaryl/α,β-unsaturated/α-hetero) is 1. The lowest BCUT2D eigenvalue weighted by atomic mass is 10.1. The molecule has 0 spiro atoms. The molecule has 2 aromatic rings. The molecule has 0 atom stereocenters. The number of hydrogen-bond acceptors (Lipinski definition) is 2. The number of rotatable bonds is 4. The van der Waals surface area contributed by atoms with Crippen molar-refractivity contribution in [1.82, 2.24) is 0 Å². The Balaban J connectivity index is 2.04. The highest BCUT2D eigenvalue weighted by Crippen LogP contribution is 2.24. The number of hydrogen-bond donors (Lipinski definition) is 0. The second-order valence-corrected chi connectivity index (χ2v) is 6.42. The molecule has 3 heteroatoms. The Labute approximate surface area is 126 Å². The summed E-state index contributed by atoms with van der Waals surface area (Å²) in [6.07, 6.45) is 0. The van der Waals surface area contributed by atoms with Gasteiger partial charge in [0.2, 0.25) is 0 Å². The maximum Gasteiger partial charge on any atom is 0.173 e. The number of aryl methyl sites for hydroxylation is 2. The molecule has 0 aliphatic carbocycles. The van der Waals surface area contributed by atoms with Crippen LogP contribution >= 0.6 is 27.7 Å². The Morgan fingerprint density at radius 3 is 2.63 bits per heavy atom. The molecule has 0 heterocycles. The number of halogens is 1. The first kappa shape index (κ1) is 14.4. The lowest BCUT2D eigenvalue weighted by Gasteiger charge is -2.06. The van der Waals surface area contributed by atoms with Gasteiger partial charge in [0.05, 0.1) is 5.75 Å². The second-order valence-electron chi connectivity index (χ2n) is 4.49. The second kappa shape index (κ2) is 6.40. The predicted molar refractivity (Wildman–Crippen MR) is 85.1 cm³/mol. The number of thioether (sulfide) groups is 1. The lowest BCUT2D eigenvalue weighted by molar-refractivity contribution is 0.102. The van der Waals surface area contributed by atoms with Gasteiger partial charge in [-0.15, -0.1) is 11.8 Å². The molecule has 0 aliphatic heterocycles. The SMILES string of the molecule is Cc1ccc(SCC(=O)c2cccc(Br)c2)c(C)c1. The molecule has 0 radical (unpaired) electrons. The Morgan fingerprint density at radius 1 is 1.16 bits per heavy atom. The van der Waals surface area contributed by atoms with Gasteiger partial charge >= 0.3 is 0 Å². The molecule has 0 saturated heterocycles. The number of ketones is 1. The Kier molecular flexibility index (Phi) is 4.83. The highest BCUT2D eigenvalue weighted by molar-refractivity contribution is 9.10. The van der Waals surface area contributed by atoms with Crippen molar-refractivity contribution in [3.8, 4) is 0 Å². The zero-order valence-corrected chi connectivity index (χ0v) is 13.3. The van der Waals surface area contributed by atoms with E-state index >= 15 is 0 Å². The molecule has 1 nitrogen and oxygen atoms in total. The molecule has 0 bridgehead atoms. The third-order valence-electron chi connectivity index (χ3n) is 2.84. The van der Waals surface area contributed by atoms with E-state index in [1.54, 1.807) is 11.8 Å². The number of carbonyl (C=O) groups excluding carboxylic acids is 1. The quantitative estimate of drug-likeness (QED) is 0.575. The molecule has 0 aromatic heterocycles. The van der Waals surface area contributed by atoms with Crippen molar-refractivity contribution < 1.29 is 4.79 Å². The molecule has 0 unspecified atom stereocenters. The highest BCUT2D eigenvalue weighted by atomic mass is 79.9. The first-order chi connectivity index (χ1) is 9.06. The van der Waals surface area contributed by atoms with Crippen molar-refractivity contribution in [2.75, 3.05) is 5.75 Å². The summed E-state index contributed by atoms with van der Waals surface area (Å²) < 4.78 is 0.940. The van der Waals surface area contributed by atoms with Crippen molar-refractivity contribution in [2.24, 2.45) is 0 Å². The molecular weight excluding hydrogens is 320 g/mol. The van der Waals surface area contributed by atoms with Crippen LogP contribution in [0.1, 0.15) is 21.5 Å². The predicted octanol–water partition coefficient (Wildman–Crippen LogP) is 5.04. The van der Waals surface area contributed by atoms with Crippen LogP contribution in [-0.4, -0.2) is 11.5 Å². The Bertz CT molecular complexity index is 607. The molecule has 2 rings (SSSR count). The van der Waals surface area contributed by atoms with E-state index in [9.17, 15) is 4.79 Å². The van der Waals surface area contributed by atoms with Crippen LogP contribution in [0.15, 0.2) is 51.8 Å². The summed E-state index contributed by atoms with van der Waals surface area (Å²) >= 11 is 4.99. The van der Waals surface area contributed by atoms with Crippen LogP contribution < -0.4 is 0 Å². The van der Waals surface area contributed by atoms with E-state index in [4.69, 9.17) is 0 Å². The van der Waals surface area contributed by atoms with E-state index < -0.39 is 0 Å². The maximum absolute atomic E-state index is 12.1. The molecule has 0 amide bonds. The molecule has 0 fully saturated rings. The van der Waals surface area contributed by atoms with Gasteiger partial charge in [-0.05, 0) is 37.6 Å². The average Bonchev–Trinajstić information content (AvgIpc) is 2.37. The first-order valence-electron chi connectivity index (χ1n) is 6.05. The van der Waals surface area contributed by atoms with E-state index in [0.717, 1.165) is 10.0 Å². The first-order valence-corrected chi connectivity index (χ1v) is 7.83. The average molecular weight is 335 g/mol. The standard InChI is InChI=1S/C16H15BrOS/c1-11-6-7-16(12(2)8-11)19-10-15(18)13-4-3-5-14(17)9-13/h3-9H,10H2,1-2H3. The van der Waals surface area contributed by atoms with Gasteiger partial charge < -0.3 is 0 Å². The van der Waals surface area contributed by atoms with Crippen molar-refractivity contribution in [3.05, 3.63) is 63.6 Å². The van der Waals surface area contributed by atoms with Gasteiger partial charge in [0.25, 0.3) is 0 Å². The maximum atomic E-state index is 12.1. The van der Waals surface area contributed by atoms with E-state index in [1.807, 2.05) is 24.3 Å². The summed E-state index contributed by atoms with van der Waals surface area (Å²) in [7, 11) is 0. The van der Waals surface area contributed by atoms with E-state index in [1.165, 1.54) is 16.0 Å². The molecule has 0 saturated carbocycles. The largest absolute Gasteiger partial charge is 0.293 e. The zero-order valence-electron chi connectivity index (χ0n) is 10.9. The van der Waals surface area contributed by atoms with Crippen LogP contribution in [0.4, 0.5) is 0 Å². The fourth-order valence-electron chi connectivity index (χ4n) is 1.85. The summed E-state index contributed by atoms with van der Waals surface area (Å²) in [5.74, 6) is 0.631. The molecule has 0 aliphatic rings. The molecule has 0 N–H and O–H groups in total. The van der Waals surface area contributed by atoms with Crippen molar-refractivity contribution >= 4 is 33.5 Å². The summed E-state index contributed by atoms with van der Waals surface area (Å²) in [6.45, 7) is 4.16. The van der Waals surface area contributed by atoms with Gasteiger partial charge in [0, 0.05) is 14.9 Å². The monoisotopic (exact) mass is 334 g/mol. The minimum atomic E-state index is 0.159. The fraction of sp³-hybridized carbons (Fsp3) is 0.188. The van der Waals surface area contributed by atoms with Gasteiger partial charge in [-0.3, -0.25) is 4.79 Å². The molecule has 19 heavy (non-hydrogen) atoms. The van der Waals surface area contributed by atoms with Crippen LogP contribution in [-0.2, 0) is 0 Å². The minimum Gasteiger partial charge on any atom is -0.293 e. The highest BCUT2D eigenvalue weighted by Gasteiger charge is 2.08. The summed E-state index contributed by atoms with van der Waals surface area (Å²) in [6, 6.07) is 13.8. The third kappa shape index (κ3) is 3.95. The van der Waals surface area contributed by atoms with Crippen molar-refractivity contribution in [3.63, 3.8) is 0 Å². The van der Waals surface area contributed by atoms with E-state index in [-0.39, 0.29) is 5.78 Å². The van der Waals surface area contributed by atoms with Crippen LogP contribution in [0.3, 0.4) is 0 Å². The number of carbonyl (C=O) groups is 1. The van der Waals surface area contributed by atoms with Gasteiger partial charge in [0.15, 0.2) is 5.78 Å². The van der Waals surface area contributed by atoms with Crippen molar-refractivity contribution in [2.45, 2.75) is 18.7 Å². The summed E-state index contributed by atoms with van der Waals surface area (Å²) in [5, 5.41) is 0. The Hall–Kier alpha value is -1.06. The van der Waals surface area contributed by atoms with Crippen LogP contribution in [0, 0.1) is 13.8 Å². The van der Waals surface area contributed by atoms with Crippen LogP contribution in [0.25, 0.3) is 0 Å². The smallest absolute Gasteiger partial charge is 0.173 e. The summed E-state index contributed by atoms with van der Waals surface area (Å²) in [5.41, 5.74) is 3.24. The lowest BCUT2D eigenvalue weighted by Crippen LogP contribution is -2.02. The Morgan fingerprint density at radius 2 is 1.95 bits per heavy atom. The fourth-order valence-corrected chi connectivity index (χ4v) is 3.15. The van der Waals surface area contributed by atoms with Gasteiger partial charge in [0.1, 0.15) is 0 Å². The normalized spacial score (nSPS) is 10.5. The number of benzene rings is 2. The van der Waals surface area contributed by atoms with Gasteiger partial charge in [-0.1, -0.05) is 45.8 Å². The van der Waals surface area contributed by atoms with E-state index in [0.29, 0.717) is 5.75 Å².